The van der Waals surface area contributed by atoms with Crippen LogP contribution in [0.4, 0.5) is 0 Å². The van der Waals surface area contributed by atoms with Crippen molar-refractivity contribution in [3.63, 3.8) is 0 Å². The molecular weight excluding hydrogens is 235 g/mol. The van der Waals surface area contributed by atoms with Gasteiger partial charge < -0.3 is 0 Å². The summed E-state index contributed by atoms with van der Waals surface area (Å²) in [6.45, 7) is 6.68. The first-order valence-electron chi connectivity index (χ1n) is 3.16. The van der Waals surface area contributed by atoms with Gasteiger partial charge in [0.15, 0.2) is 0 Å². The molecule has 0 fully saturated rings. The average molecular weight is 247 g/mol. The summed E-state index contributed by atoms with van der Waals surface area (Å²) in [5, 5.41) is 0. The Hall–Kier alpha value is 0.499. The molecule has 0 N–H and O–H groups in total. The average Bonchev–Trinajstić information content (AvgIpc) is 1.98. The van der Waals surface area contributed by atoms with Gasteiger partial charge in [0.2, 0.25) is 0 Å². The molecule has 2 heteroatoms. The van der Waals surface area contributed by atoms with Crippen molar-refractivity contribution in [3.05, 3.63) is 16.0 Å². The molecule has 1 rings (SSSR count). The fourth-order valence-electron chi connectivity index (χ4n) is 0.911. The van der Waals surface area contributed by atoms with Gasteiger partial charge in [0, 0.05) is 0 Å². The maximum absolute atomic E-state index is 2.24. The second kappa shape index (κ2) is 2.62. The van der Waals surface area contributed by atoms with E-state index in [2.05, 4.69) is 20.8 Å². The van der Waals surface area contributed by atoms with Crippen molar-refractivity contribution >= 4 is 36.8 Å². The summed E-state index contributed by atoms with van der Waals surface area (Å²) in [7, 11) is 0. The van der Waals surface area contributed by atoms with E-state index >= 15 is 0 Å². The van der Waals surface area contributed by atoms with Crippen molar-refractivity contribution in [1.82, 2.24) is 0 Å². The first-order chi connectivity index (χ1) is 4.13. The Morgan fingerprint density at radius 2 is 1.67 bits per heavy atom. The monoisotopic (exact) mass is 248 g/mol. The van der Waals surface area contributed by atoms with Gasteiger partial charge in [-0.15, -0.1) is 0 Å². The van der Waals surface area contributed by atoms with Gasteiger partial charge in [0.1, 0.15) is 0 Å². The first-order valence-corrected chi connectivity index (χ1v) is 6.83. The van der Waals surface area contributed by atoms with Gasteiger partial charge in [-0.25, -0.2) is 0 Å². The minimum atomic E-state index is 0.719. The fourth-order valence-corrected chi connectivity index (χ4v) is 5.67. The van der Waals surface area contributed by atoms with E-state index in [-0.39, 0.29) is 0 Å². The van der Waals surface area contributed by atoms with Gasteiger partial charge in [-0.2, -0.15) is 0 Å². The minimum absolute atomic E-state index is 0.719. The Bertz CT molecular complexity index is 203. The summed E-state index contributed by atoms with van der Waals surface area (Å²) in [6.07, 6.45) is 0. The second-order valence-electron chi connectivity index (χ2n) is 2.46. The maximum atomic E-state index is 2.24. The molecule has 1 aromatic rings. The molecule has 0 aliphatic rings. The van der Waals surface area contributed by atoms with Gasteiger partial charge in [0.05, 0.1) is 0 Å². The fraction of sp³-hybridized carbons (Fsp3) is 0.429. The quantitative estimate of drug-likeness (QED) is 0.591. The van der Waals surface area contributed by atoms with E-state index in [1.807, 2.05) is 11.3 Å². The summed E-state index contributed by atoms with van der Waals surface area (Å²) in [6, 6.07) is 0. The Balaban J connectivity index is 3.29. The van der Waals surface area contributed by atoms with E-state index in [1.165, 1.54) is 10.4 Å². The second-order valence-corrected chi connectivity index (χ2v) is 8.82. The zero-order chi connectivity index (χ0) is 7.02. The van der Waals surface area contributed by atoms with Crippen LogP contribution in [0.1, 0.15) is 16.0 Å². The molecule has 1 aromatic heterocycles. The van der Waals surface area contributed by atoms with Crippen LogP contribution in [0.3, 0.4) is 0 Å². The molecule has 0 nitrogen and oxygen atoms in total. The van der Waals surface area contributed by atoms with Crippen LogP contribution in [0, 0.1) is 20.8 Å². The summed E-state index contributed by atoms with van der Waals surface area (Å²) in [5.74, 6) is 0. The van der Waals surface area contributed by atoms with Crippen molar-refractivity contribution in [2.75, 3.05) is 0 Å². The normalized spacial score (nSPS) is 10.6. The SMILES string of the molecule is Cc1s[c]([SnH3])c(C)c1C. The molecule has 0 bridgehead atoms. The molecule has 0 spiro atoms. The molecule has 0 aliphatic carbocycles. The Morgan fingerprint density at radius 1 is 1.11 bits per heavy atom. The van der Waals surface area contributed by atoms with Crippen LogP contribution < -0.4 is 2.89 Å². The van der Waals surface area contributed by atoms with E-state index < -0.39 is 0 Å². The van der Waals surface area contributed by atoms with Crippen LogP contribution >= 0.6 is 11.3 Å². The number of thiophene rings is 1. The van der Waals surface area contributed by atoms with E-state index in [0.717, 1.165) is 22.5 Å². The molecule has 0 saturated carbocycles. The van der Waals surface area contributed by atoms with E-state index in [9.17, 15) is 0 Å². The number of rotatable bonds is 0. The molecule has 0 aromatic carbocycles. The summed E-state index contributed by atoms with van der Waals surface area (Å²) < 4.78 is 1.67. The van der Waals surface area contributed by atoms with Crippen LogP contribution in [-0.2, 0) is 0 Å². The third kappa shape index (κ3) is 1.32. The number of aryl methyl sites for hydroxylation is 1. The molecule has 0 atom stereocenters. The molecule has 1 heterocycles. The molecule has 9 heavy (non-hydrogen) atoms. The standard InChI is InChI=1S/C7H9S.Sn.3H/c1-5-4-8-7(3)6(5)2;;;;/h1-3H3;;;;. The van der Waals surface area contributed by atoms with Crippen LogP contribution in [-0.4, -0.2) is 22.5 Å². The zero-order valence-electron chi connectivity index (χ0n) is 6.41. The molecule has 50 valence electrons. The van der Waals surface area contributed by atoms with Crippen molar-refractivity contribution in [1.29, 1.82) is 0 Å². The van der Waals surface area contributed by atoms with Crippen molar-refractivity contribution in [2.45, 2.75) is 20.8 Å². The van der Waals surface area contributed by atoms with Crippen LogP contribution in [0.15, 0.2) is 0 Å². The topological polar surface area (TPSA) is 0 Å². The van der Waals surface area contributed by atoms with E-state index in [1.54, 1.807) is 8.46 Å². The van der Waals surface area contributed by atoms with Crippen molar-refractivity contribution in [2.24, 2.45) is 0 Å². The zero-order valence-corrected chi connectivity index (χ0v) is 12.9. The van der Waals surface area contributed by atoms with Gasteiger partial charge in [-0.3, -0.25) is 0 Å². The Kier molecular flexibility index (Phi) is 2.22. The van der Waals surface area contributed by atoms with Crippen LogP contribution in [0.25, 0.3) is 0 Å². The van der Waals surface area contributed by atoms with Crippen LogP contribution in [0.2, 0.25) is 0 Å². The third-order valence-electron chi connectivity index (χ3n) is 1.92. The molecule has 0 radical (unpaired) electrons. The van der Waals surface area contributed by atoms with Gasteiger partial charge in [-0.05, 0) is 0 Å². The third-order valence-corrected chi connectivity index (χ3v) is 7.04. The van der Waals surface area contributed by atoms with Crippen molar-refractivity contribution in [3.8, 4) is 0 Å². The Labute approximate surface area is 73.4 Å². The van der Waals surface area contributed by atoms with E-state index in [4.69, 9.17) is 0 Å². The summed E-state index contributed by atoms with van der Waals surface area (Å²) in [5.41, 5.74) is 3.09. The molecular formula is C7H12SSn. The predicted molar refractivity (Wildman–Crippen MR) is 48.1 cm³/mol. The van der Waals surface area contributed by atoms with E-state index in [0.29, 0.717) is 0 Å². The van der Waals surface area contributed by atoms with Crippen molar-refractivity contribution < 1.29 is 0 Å². The molecule has 0 aliphatic heterocycles. The summed E-state index contributed by atoms with van der Waals surface area (Å²) >= 11 is 2.71. The number of hydrogen-bond donors (Lipinski definition) is 0. The van der Waals surface area contributed by atoms with Gasteiger partial charge in [-0.1, -0.05) is 0 Å². The summed E-state index contributed by atoms with van der Waals surface area (Å²) in [4.78, 5) is 1.52. The predicted octanol–water partition coefficient (Wildman–Crippen LogP) is 0.664. The van der Waals surface area contributed by atoms with Gasteiger partial charge in [0.25, 0.3) is 0 Å². The number of hydrogen-bond acceptors (Lipinski definition) is 1. The Morgan fingerprint density at radius 3 is 1.78 bits per heavy atom. The molecule has 0 saturated heterocycles. The van der Waals surface area contributed by atoms with Crippen LogP contribution in [0.5, 0.6) is 0 Å². The first kappa shape index (κ1) is 7.60. The molecule has 0 amide bonds. The molecule has 0 unspecified atom stereocenters. The van der Waals surface area contributed by atoms with Gasteiger partial charge >= 0.3 is 73.5 Å².